The van der Waals surface area contributed by atoms with E-state index in [2.05, 4.69) is 16.0 Å². The lowest BCUT2D eigenvalue weighted by Crippen LogP contribution is -2.43. The van der Waals surface area contributed by atoms with Gasteiger partial charge in [-0.25, -0.2) is 0 Å². The third-order valence-corrected chi connectivity index (χ3v) is 3.64. The number of rotatable bonds is 5. The van der Waals surface area contributed by atoms with Gasteiger partial charge in [0, 0.05) is 18.3 Å². The average molecular weight is 355 g/mol. The summed E-state index contributed by atoms with van der Waals surface area (Å²) in [5.74, 6) is -1.98. The summed E-state index contributed by atoms with van der Waals surface area (Å²) < 4.78 is 0. The van der Waals surface area contributed by atoms with Gasteiger partial charge in [-0.2, -0.15) is 0 Å². The molecular formula is C19H21N3O4. The van der Waals surface area contributed by atoms with Crippen LogP contribution in [0.25, 0.3) is 0 Å². The Morgan fingerprint density at radius 1 is 0.923 bits per heavy atom. The van der Waals surface area contributed by atoms with Crippen molar-refractivity contribution in [1.29, 1.82) is 0 Å². The molecule has 7 heteroatoms. The van der Waals surface area contributed by atoms with Gasteiger partial charge in [-0.05, 0) is 30.7 Å². The normalized spacial score (nSPS) is 12.6. The van der Waals surface area contributed by atoms with Gasteiger partial charge in [0.1, 0.15) is 5.60 Å². The lowest BCUT2D eigenvalue weighted by molar-refractivity contribution is -0.136. The van der Waals surface area contributed by atoms with Crippen molar-refractivity contribution in [3.63, 3.8) is 0 Å². The van der Waals surface area contributed by atoms with Crippen molar-refractivity contribution in [2.75, 3.05) is 17.2 Å². The van der Waals surface area contributed by atoms with Crippen LogP contribution < -0.4 is 16.0 Å². The van der Waals surface area contributed by atoms with Crippen LogP contribution in [0.1, 0.15) is 19.4 Å². The highest BCUT2D eigenvalue weighted by atomic mass is 16.3. The Bertz CT molecular complexity index is 803. The molecule has 0 saturated carbocycles. The van der Waals surface area contributed by atoms with E-state index in [1.807, 2.05) is 6.07 Å². The molecule has 0 saturated heterocycles. The second kappa shape index (κ2) is 8.26. The van der Waals surface area contributed by atoms with E-state index < -0.39 is 17.4 Å². The highest BCUT2D eigenvalue weighted by molar-refractivity contribution is 6.39. The van der Waals surface area contributed by atoms with E-state index in [1.165, 1.54) is 13.0 Å². The quantitative estimate of drug-likeness (QED) is 0.611. The fraction of sp³-hybridized carbons (Fsp3) is 0.211. The Kier molecular flexibility index (Phi) is 6.08. The number of aliphatic hydroxyl groups is 1. The molecule has 0 aliphatic rings. The number of benzene rings is 2. The van der Waals surface area contributed by atoms with Crippen LogP contribution in [0.15, 0.2) is 54.6 Å². The van der Waals surface area contributed by atoms with Gasteiger partial charge in [0.15, 0.2) is 0 Å². The van der Waals surface area contributed by atoms with Gasteiger partial charge >= 0.3 is 11.8 Å². The van der Waals surface area contributed by atoms with Crippen molar-refractivity contribution < 1.29 is 19.5 Å². The molecule has 0 aliphatic carbocycles. The van der Waals surface area contributed by atoms with E-state index in [4.69, 9.17) is 0 Å². The third kappa shape index (κ3) is 5.42. The molecule has 0 fully saturated rings. The minimum absolute atomic E-state index is 0.116. The number of carbonyl (C=O) groups excluding carboxylic acids is 3. The summed E-state index contributed by atoms with van der Waals surface area (Å²) >= 11 is 0. The maximum absolute atomic E-state index is 12.0. The summed E-state index contributed by atoms with van der Waals surface area (Å²) in [5.41, 5.74) is 0.195. The van der Waals surface area contributed by atoms with E-state index >= 15 is 0 Å². The van der Waals surface area contributed by atoms with Crippen molar-refractivity contribution in [2.24, 2.45) is 0 Å². The highest BCUT2D eigenvalue weighted by Crippen LogP contribution is 2.19. The molecular weight excluding hydrogens is 334 g/mol. The van der Waals surface area contributed by atoms with Crippen molar-refractivity contribution in [2.45, 2.75) is 19.4 Å². The number of amides is 3. The molecule has 0 heterocycles. The first kappa shape index (κ1) is 19.1. The molecule has 0 spiro atoms. The fourth-order valence-corrected chi connectivity index (χ4v) is 2.30. The van der Waals surface area contributed by atoms with E-state index in [1.54, 1.807) is 49.4 Å². The molecule has 0 radical (unpaired) electrons. The average Bonchev–Trinajstić information content (AvgIpc) is 2.60. The standard InChI is InChI=1S/C19H21N3O4/c1-13(23)21-15-9-6-10-16(11-15)22-18(25)17(24)20-12-19(2,26)14-7-4-3-5-8-14/h3-11,26H,12H2,1-2H3,(H,20,24)(H,21,23)(H,22,25). The first-order valence-corrected chi connectivity index (χ1v) is 8.03. The van der Waals surface area contributed by atoms with Gasteiger partial charge in [0.2, 0.25) is 5.91 Å². The molecule has 1 atom stereocenters. The molecule has 0 bridgehead atoms. The third-order valence-electron chi connectivity index (χ3n) is 3.64. The minimum atomic E-state index is -1.30. The van der Waals surface area contributed by atoms with E-state index in [-0.39, 0.29) is 12.5 Å². The topological polar surface area (TPSA) is 108 Å². The molecule has 4 N–H and O–H groups in total. The first-order chi connectivity index (χ1) is 12.3. The van der Waals surface area contributed by atoms with Gasteiger partial charge in [0.25, 0.3) is 0 Å². The number of hydrogen-bond acceptors (Lipinski definition) is 4. The second-order valence-electron chi connectivity index (χ2n) is 6.04. The van der Waals surface area contributed by atoms with Crippen LogP contribution in [-0.2, 0) is 20.0 Å². The Hall–Kier alpha value is -3.19. The molecule has 7 nitrogen and oxygen atoms in total. The van der Waals surface area contributed by atoms with Crippen LogP contribution in [-0.4, -0.2) is 29.4 Å². The van der Waals surface area contributed by atoms with E-state index in [0.717, 1.165) is 0 Å². The fourth-order valence-electron chi connectivity index (χ4n) is 2.30. The van der Waals surface area contributed by atoms with E-state index in [0.29, 0.717) is 16.9 Å². The Morgan fingerprint density at radius 3 is 2.15 bits per heavy atom. The molecule has 2 rings (SSSR count). The number of carbonyl (C=O) groups is 3. The van der Waals surface area contributed by atoms with Crippen LogP contribution >= 0.6 is 0 Å². The zero-order valence-electron chi connectivity index (χ0n) is 14.6. The summed E-state index contributed by atoms with van der Waals surface area (Å²) in [6, 6.07) is 15.3. The van der Waals surface area contributed by atoms with Crippen LogP contribution in [0.4, 0.5) is 11.4 Å². The SMILES string of the molecule is CC(=O)Nc1cccc(NC(=O)C(=O)NCC(C)(O)c2ccccc2)c1. The lowest BCUT2D eigenvalue weighted by Gasteiger charge is -2.24. The van der Waals surface area contributed by atoms with Crippen molar-refractivity contribution in [1.82, 2.24) is 5.32 Å². The van der Waals surface area contributed by atoms with Crippen molar-refractivity contribution >= 4 is 29.1 Å². The number of nitrogens with one attached hydrogen (secondary N) is 3. The van der Waals surface area contributed by atoms with Crippen LogP contribution in [0.3, 0.4) is 0 Å². The van der Waals surface area contributed by atoms with Crippen LogP contribution in [0, 0.1) is 0 Å². The maximum atomic E-state index is 12.0. The van der Waals surface area contributed by atoms with Gasteiger partial charge in [-0.3, -0.25) is 14.4 Å². The zero-order chi connectivity index (χ0) is 19.2. The van der Waals surface area contributed by atoms with Gasteiger partial charge in [0.05, 0.1) is 6.54 Å². The molecule has 26 heavy (non-hydrogen) atoms. The van der Waals surface area contributed by atoms with Gasteiger partial charge < -0.3 is 21.1 Å². The zero-order valence-corrected chi connectivity index (χ0v) is 14.6. The molecule has 2 aromatic rings. The molecule has 0 aromatic heterocycles. The van der Waals surface area contributed by atoms with Gasteiger partial charge in [-0.15, -0.1) is 0 Å². The largest absolute Gasteiger partial charge is 0.384 e. The summed E-state index contributed by atoms with van der Waals surface area (Å²) in [6.07, 6.45) is 0. The molecule has 2 aromatic carbocycles. The summed E-state index contributed by atoms with van der Waals surface area (Å²) in [7, 11) is 0. The summed E-state index contributed by atoms with van der Waals surface area (Å²) in [4.78, 5) is 35.1. The molecule has 0 aliphatic heterocycles. The highest BCUT2D eigenvalue weighted by Gasteiger charge is 2.25. The minimum Gasteiger partial charge on any atom is -0.384 e. The number of anilines is 2. The van der Waals surface area contributed by atoms with Gasteiger partial charge in [-0.1, -0.05) is 36.4 Å². The van der Waals surface area contributed by atoms with Crippen LogP contribution in [0.5, 0.6) is 0 Å². The second-order valence-corrected chi connectivity index (χ2v) is 6.04. The molecule has 1 unspecified atom stereocenters. The predicted octanol–water partition coefficient (Wildman–Crippen LogP) is 1.61. The molecule has 136 valence electrons. The van der Waals surface area contributed by atoms with Crippen LogP contribution in [0.2, 0.25) is 0 Å². The lowest BCUT2D eigenvalue weighted by atomic mass is 9.96. The van der Waals surface area contributed by atoms with E-state index in [9.17, 15) is 19.5 Å². The number of hydrogen-bond donors (Lipinski definition) is 4. The molecule has 3 amide bonds. The monoisotopic (exact) mass is 355 g/mol. The Morgan fingerprint density at radius 2 is 1.54 bits per heavy atom. The first-order valence-electron chi connectivity index (χ1n) is 8.03. The maximum Gasteiger partial charge on any atom is 0.313 e. The summed E-state index contributed by atoms with van der Waals surface area (Å²) in [6.45, 7) is 2.81. The Labute approximate surface area is 151 Å². The smallest absolute Gasteiger partial charge is 0.313 e. The van der Waals surface area contributed by atoms with Crippen molar-refractivity contribution in [3.8, 4) is 0 Å². The van der Waals surface area contributed by atoms with Crippen molar-refractivity contribution in [3.05, 3.63) is 60.2 Å². The predicted molar refractivity (Wildman–Crippen MR) is 98.4 cm³/mol. The summed E-state index contributed by atoms with van der Waals surface area (Å²) in [5, 5.41) is 17.9. The Balaban J connectivity index is 1.94.